The normalized spacial score (nSPS) is 15.5. The molecule has 24 heavy (non-hydrogen) atoms. The first kappa shape index (κ1) is 14.9. The van der Waals surface area contributed by atoms with Crippen molar-refractivity contribution >= 4 is 22.6 Å². The summed E-state index contributed by atoms with van der Waals surface area (Å²) in [6.45, 7) is 0. The minimum Gasteiger partial charge on any atom is -0.324 e. The fourth-order valence-electron chi connectivity index (χ4n) is 3.35. The highest BCUT2D eigenvalue weighted by molar-refractivity contribution is 5.92. The smallest absolute Gasteiger partial charge is 0.227 e. The van der Waals surface area contributed by atoms with Crippen molar-refractivity contribution in [1.82, 2.24) is 14.5 Å². The molecule has 1 aliphatic rings. The molecule has 5 heteroatoms. The van der Waals surface area contributed by atoms with E-state index in [1.54, 1.807) is 12.5 Å². The van der Waals surface area contributed by atoms with E-state index >= 15 is 0 Å². The second-order valence-corrected chi connectivity index (χ2v) is 6.33. The SMILES string of the molecule is O=C(Nc1ccc(-n2cnc3ccccc32)nc1)C1CCCCC1. The predicted molar refractivity (Wildman–Crippen MR) is 94.1 cm³/mol. The quantitative estimate of drug-likeness (QED) is 0.795. The van der Waals surface area contributed by atoms with Crippen LogP contribution in [-0.4, -0.2) is 20.4 Å². The second kappa shape index (κ2) is 6.43. The van der Waals surface area contributed by atoms with Crippen LogP contribution in [0.4, 0.5) is 5.69 Å². The third-order valence-corrected chi connectivity index (χ3v) is 4.69. The number of para-hydroxylation sites is 2. The first-order valence-corrected chi connectivity index (χ1v) is 8.51. The summed E-state index contributed by atoms with van der Waals surface area (Å²) in [6.07, 6.45) is 9.04. The van der Waals surface area contributed by atoms with Gasteiger partial charge < -0.3 is 5.32 Å². The predicted octanol–water partition coefficient (Wildman–Crippen LogP) is 3.94. The number of rotatable bonds is 3. The number of anilines is 1. The Labute approximate surface area is 140 Å². The van der Waals surface area contributed by atoms with Crippen LogP contribution in [0, 0.1) is 5.92 Å². The van der Waals surface area contributed by atoms with Crippen LogP contribution in [0.15, 0.2) is 48.9 Å². The van der Waals surface area contributed by atoms with Gasteiger partial charge in [0.1, 0.15) is 12.1 Å². The summed E-state index contributed by atoms with van der Waals surface area (Å²) in [6, 6.07) is 11.8. The molecule has 0 spiro atoms. The molecule has 0 atom stereocenters. The van der Waals surface area contributed by atoms with E-state index in [9.17, 15) is 4.79 Å². The summed E-state index contributed by atoms with van der Waals surface area (Å²) in [5.41, 5.74) is 2.71. The zero-order chi connectivity index (χ0) is 16.4. The number of benzene rings is 1. The molecule has 1 saturated carbocycles. The average molecular weight is 320 g/mol. The summed E-state index contributed by atoms with van der Waals surface area (Å²) in [7, 11) is 0. The van der Waals surface area contributed by atoms with E-state index in [2.05, 4.69) is 15.3 Å². The van der Waals surface area contributed by atoms with Gasteiger partial charge in [0, 0.05) is 5.92 Å². The maximum atomic E-state index is 12.3. The van der Waals surface area contributed by atoms with Gasteiger partial charge in [0.05, 0.1) is 22.9 Å². The Balaban J connectivity index is 1.51. The van der Waals surface area contributed by atoms with Crippen LogP contribution in [-0.2, 0) is 4.79 Å². The van der Waals surface area contributed by atoms with Gasteiger partial charge in [-0.15, -0.1) is 0 Å². The maximum Gasteiger partial charge on any atom is 0.227 e. The van der Waals surface area contributed by atoms with Crippen LogP contribution in [0.2, 0.25) is 0 Å². The summed E-state index contributed by atoms with van der Waals surface area (Å²) in [4.78, 5) is 21.2. The van der Waals surface area contributed by atoms with E-state index in [-0.39, 0.29) is 11.8 Å². The Hall–Kier alpha value is -2.69. The molecule has 1 aliphatic carbocycles. The number of amides is 1. The number of aromatic nitrogens is 3. The summed E-state index contributed by atoms with van der Waals surface area (Å²) < 4.78 is 1.95. The molecule has 2 aromatic heterocycles. The number of carbonyl (C=O) groups excluding carboxylic acids is 1. The molecule has 1 N–H and O–H groups in total. The lowest BCUT2D eigenvalue weighted by Gasteiger charge is -2.20. The molecule has 122 valence electrons. The van der Waals surface area contributed by atoms with Gasteiger partial charge in [-0.05, 0) is 37.1 Å². The molecule has 4 rings (SSSR count). The monoisotopic (exact) mass is 320 g/mol. The topological polar surface area (TPSA) is 59.8 Å². The van der Waals surface area contributed by atoms with Crippen molar-refractivity contribution in [2.24, 2.45) is 5.92 Å². The Morgan fingerprint density at radius 2 is 1.88 bits per heavy atom. The lowest BCUT2D eigenvalue weighted by molar-refractivity contribution is -0.120. The molecule has 5 nitrogen and oxygen atoms in total. The lowest BCUT2D eigenvalue weighted by Crippen LogP contribution is -2.24. The number of nitrogens with one attached hydrogen (secondary N) is 1. The van der Waals surface area contributed by atoms with Gasteiger partial charge in [-0.25, -0.2) is 9.97 Å². The fraction of sp³-hybridized carbons (Fsp3) is 0.316. The van der Waals surface area contributed by atoms with Gasteiger partial charge in [-0.3, -0.25) is 9.36 Å². The summed E-state index contributed by atoms with van der Waals surface area (Å²) in [5.74, 6) is 1.06. The molecule has 0 bridgehead atoms. The van der Waals surface area contributed by atoms with Gasteiger partial charge >= 0.3 is 0 Å². The summed E-state index contributed by atoms with van der Waals surface area (Å²) in [5, 5.41) is 2.99. The van der Waals surface area contributed by atoms with Crippen molar-refractivity contribution in [3.8, 4) is 5.82 Å². The van der Waals surface area contributed by atoms with E-state index < -0.39 is 0 Å². The Bertz CT molecular complexity index is 847. The van der Waals surface area contributed by atoms with Gasteiger partial charge in [0.15, 0.2) is 0 Å². The molecule has 3 aromatic rings. The maximum absolute atomic E-state index is 12.3. The Morgan fingerprint density at radius 1 is 1.04 bits per heavy atom. The van der Waals surface area contributed by atoms with Crippen molar-refractivity contribution in [2.45, 2.75) is 32.1 Å². The van der Waals surface area contributed by atoms with Crippen molar-refractivity contribution in [1.29, 1.82) is 0 Å². The molecule has 0 radical (unpaired) electrons. The number of nitrogens with zero attached hydrogens (tertiary/aromatic N) is 3. The van der Waals surface area contributed by atoms with Crippen LogP contribution in [0.25, 0.3) is 16.9 Å². The highest BCUT2D eigenvalue weighted by atomic mass is 16.1. The molecule has 0 unspecified atom stereocenters. The van der Waals surface area contributed by atoms with E-state index in [4.69, 9.17) is 0 Å². The van der Waals surface area contributed by atoms with Gasteiger partial charge in [0.2, 0.25) is 5.91 Å². The third-order valence-electron chi connectivity index (χ3n) is 4.69. The Kier molecular flexibility index (Phi) is 3.99. The number of pyridine rings is 1. The number of fused-ring (bicyclic) bond motifs is 1. The van der Waals surface area contributed by atoms with Crippen LogP contribution >= 0.6 is 0 Å². The summed E-state index contributed by atoms with van der Waals surface area (Å²) >= 11 is 0. The van der Waals surface area contributed by atoms with E-state index in [0.717, 1.165) is 48.2 Å². The van der Waals surface area contributed by atoms with Crippen LogP contribution in [0.1, 0.15) is 32.1 Å². The number of imidazole rings is 1. The fourth-order valence-corrected chi connectivity index (χ4v) is 3.35. The first-order chi connectivity index (χ1) is 11.8. The van der Waals surface area contributed by atoms with E-state index in [1.807, 2.05) is 41.0 Å². The zero-order valence-electron chi connectivity index (χ0n) is 13.5. The van der Waals surface area contributed by atoms with Crippen molar-refractivity contribution in [3.63, 3.8) is 0 Å². The lowest BCUT2D eigenvalue weighted by atomic mass is 9.88. The number of carbonyl (C=O) groups is 1. The molecule has 1 aromatic carbocycles. The number of hydrogen-bond donors (Lipinski definition) is 1. The first-order valence-electron chi connectivity index (χ1n) is 8.51. The zero-order valence-corrected chi connectivity index (χ0v) is 13.5. The second-order valence-electron chi connectivity index (χ2n) is 6.33. The van der Waals surface area contributed by atoms with Crippen LogP contribution in [0.5, 0.6) is 0 Å². The molecule has 1 fully saturated rings. The highest BCUT2D eigenvalue weighted by Crippen LogP contribution is 2.25. The molecule has 2 heterocycles. The van der Waals surface area contributed by atoms with Gasteiger partial charge in [-0.1, -0.05) is 31.4 Å². The molecular formula is C19H20N4O. The van der Waals surface area contributed by atoms with E-state index in [1.165, 1.54) is 6.42 Å². The molecule has 0 aliphatic heterocycles. The highest BCUT2D eigenvalue weighted by Gasteiger charge is 2.21. The molecular weight excluding hydrogens is 300 g/mol. The largest absolute Gasteiger partial charge is 0.324 e. The Morgan fingerprint density at radius 3 is 2.67 bits per heavy atom. The van der Waals surface area contributed by atoms with Crippen molar-refractivity contribution in [2.75, 3.05) is 5.32 Å². The minimum absolute atomic E-state index is 0.123. The van der Waals surface area contributed by atoms with Gasteiger partial charge in [0.25, 0.3) is 0 Å². The molecule has 0 saturated heterocycles. The van der Waals surface area contributed by atoms with Gasteiger partial charge in [-0.2, -0.15) is 0 Å². The van der Waals surface area contributed by atoms with Crippen LogP contribution < -0.4 is 5.32 Å². The number of hydrogen-bond acceptors (Lipinski definition) is 3. The molecule has 1 amide bonds. The van der Waals surface area contributed by atoms with Crippen molar-refractivity contribution < 1.29 is 4.79 Å². The van der Waals surface area contributed by atoms with Crippen LogP contribution in [0.3, 0.4) is 0 Å². The minimum atomic E-state index is 0.123. The third kappa shape index (κ3) is 2.89. The average Bonchev–Trinajstić information content (AvgIpc) is 3.07. The standard InChI is InChI=1S/C19H20N4O/c24-19(14-6-2-1-3-7-14)22-15-10-11-18(20-12-15)23-13-21-16-8-4-5-9-17(16)23/h4-5,8-14H,1-3,6-7H2,(H,22,24). The van der Waals surface area contributed by atoms with E-state index in [0.29, 0.717) is 0 Å². The van der Waals surface area contributed by atoms with Crippen molar-refractivity contribution in [3.05, 3.63) is 48.9 Å².